The molecule has 0 saturated carbocycles. The molecule has 0 amide bonds. The van der Waals surface area contributed by atoms with Crippen molar-refractivity contribution >= 4 is 32.7 Å². The maximum absolute atomic E-state index is 12.8. The van der Waals surface area contributed by atoms with E-state index in [2.05, 4.69) is 30.6 Å². The lowest BCUT2D eigenvalue weighted by atomic mass is 10.2. The van der Waals surface area contributed by atoms with Gasteiger partial charge < -0.3 is 4.42 Å². The van der Waals surface area contributed by atoms with Gasteiger partial charge in [0.1, 0.15) is 32.1 Å². The van der Waals surface area contributed by atoms with Gasteiger partial charge in [0.2, 0.25) is 0 Å². The molecular formula is C16H18BrN4O2+. The van der Waals surface area contributed by atoms with E-state index < -0.39 is 0 Å². The summed E-state index contributed by atoms with van der Waals surface area (Å²) in [6.07, 6.45) is 0. The number of hydrogen-bond acceptors (Lipinski definition) is 5. The number of furan rings is 1. The largest absolute Gasteiger partial charge is 0.453 e. The van der Waals surface area contributed by atoms with Crippen LogP contribution in [0.5, 0.6) is 0 Å². The number of ketones is 1. The van der Waals surface area contributed by atoms with Crippen LogP contribution in [0.15, 0.2) is 33.2 Å². The highest BCUT2D eigenvalue weighted by Crippen LogP contribution is 2.30. The smallest absolute Gasteiger partial charge is 0.252 e. The monoisotopic (exact) mass is 377 g/mol. The normalized spacial score (nSPS) is 35.1. The number of carbonyl (C=O) groups excluding carboxylic acids is 1. The van der Waals surface area contributed by atoms with Gasteiger partial charge in [0, 0.05) is 9.86 Å². The number of quaternary nitrogens is 1. The van der Waals surface area contributed by atoms with Crippen LogP contribution in [-0.2, 0) is 0 Å². The summed E-state index contributed by atoms with van der Waals surface area (Å²) in [6, 6.07) is 7.69. The Labute approximate surface area is 142 Å². The fraction of sp³-hybridized carbons (Fsp3) is 0.438. The number of carbonyl (C=O) groups is 1. The van der Waals surface area contributed by atoms with E-state index in [1.54, 1.807) is 0 Å². The average Bonchev–Trinajstić information content (AvgIpc) is 2.88. The van der Waals surface area contributed by atoms with Crippen molar-refractivity contribution in [2.45, 2.75) is 0 Å². The van der Waals surface area contributed by atoms with Gasteiger partial charge in [-0.1, -0.05) is 15.9 Å². The van der Waals surface area contributed by atoms with Crippen molar-refractivity contribution in [1.29, 1.82) is 0 Å². The lowest BCUT2D eigenvalue weighted by Gasteiger charge is -2.60. The van der Waals surface area contributed by atoms with E-state index in [1.165, 1.54) is 0 Å². The van der Waals surface area contributed by atoms with Gasteiger partial charge in [0.15, 0.2) is 5.76 Å². The van der Waals surface area contributed by atoms with E-state index in [0.717, 1.165) is 59.9 Å². The second-order valence-corrected chi connectivity index (χ2v) is 7.99. The van der Waals surface area contributed by atoms with Crippen LogP contribution < -0.4 is 0 Å². The molecule has 0 atom stereocenters. The average molecular weight is 378 g/mol. The van der Waals surface area contributed by atoms with Crippen molar-refractivity contribution in [3.63, 3.8) is 0 Å². The van der Waals surface area contributed by atoms with Crippen LogP contribution in [0.2, 0.25) is 0 Å². The third kappa shape index (κ3) is 2.35. The molecule has 2 aromatic rings. The second-order valence-electron chi connectivity index (χ2n) is 7.08. The molecule has 7 heteroatoms. The zero-order chi connectivity index (χ0) is 15.6. The Kier molecular flexibility index (Phi) is 2.99. The summed E-state index contributed by atoms with van der Waals surface area (Å²) >= 11 is 3.46. The molecule has 4 fully saturated rings. The molecule has 0 spiro atoms. The highest BCUT2D eigenvalue weighted by Gasteiger charge is 2.49. The molecule has 120 valence electrons. The molecule has 4 bridgehead atoms. The van der Waals surface area contributed by atoms with Gasteiger partial charge in [0.25, 0.3) is 5.78 Å². The molecule has 5 heterocycles. The molecule has 0 unspecified atom stereocenters. The quantitative estimate of drug-likeness (QED) is 0.603. The lowest BCUT2D eigenvalue weighted by Crippen LogP contribution is -2.79. The molecular weight excluding hydrogens is 360 g/mol. The first-order chi connectivity index (χ1) is 11.1. The first-order valence-corrected chi connectivity index (χ1v) is 8.62. The minimum atomic E-state index is 0.0999. The number of nitrogens with zero attached hydrogens (tertiary/aromatic N) is 4. The minimum Gasteiger partial charge on any atom is -0.453 e. The van der Waals surface area contributed by atoms with Crippen LogP contribution in [0.4, 0.5) is 0 Å². The van der Waals surface area contributed by atoms with Crippen LogP contribution in [0.25, 0.3) is 11.0 Å². The molecule has 0 radical (unpaired) electrons. The van der Waals surface area contributed by atoms with E-state index in [1.807, 2.05) is 24.3 Å². The molecule has 0 N–H and O–H groups in total. The Morgan fingerprint density at radius 1 is 1.09 bits per heavy atom. The Bertz CT molecular complexity index is 767. The Balaban J connectivity index is 1.42. The number of halogens is 1. The van der Waals surface area contributed by atoms with Gasteiger partial charge in [0.05, 0.1) is 20.0 Å². The molecule has 0 aliphatic carbocycles. The van der Waals surface area contributed by atoms with Crippen molar-refractivity contribution < 1.29 is 13.7 Å². The maximum atomic E-state index is 12.8. The van der Waals surface area contributed by atoms with Crippen LogP contribution >= 0.6 is 15.9 Å². The van der Waals surface area contributed by atoms with Crippen molar-refractivity contribution in [2.24, 2.45) is 0 Å². The van der Waals surface area contributed by atoms with Crippen molar-refractivity contribution in [3.05, 3.63) is 34.5 Å². The van der Waals surface area contributed by atoms with Crippen molar-refractivity contribution in [1.82, 2.24) is 14.7 Å². The molecule has 4 saturated heterocycles. The molecule has 1 aromatic carbocycles. The Morgan fingerprint density at radius 2 is 1.74 bits per heavy atom. The third-order valence-electron chi connectivity index (χ3n) is 4.93. The zero-order valence-corrected chi connectivity index (χ0v) is 14.3. The van der Waals surface area contributed by atoms with Gasteiger partial charge in [-0.15, -0.1) is 0 Å². The molecule has 6 nitrogen and oxygen atoms in total. The van der Waals surface area contributed by atoms with Crippen LogP contribution in [0.1, 0.15) is 10.6 Å². The molecule has 4 aliphatic heterocycles. The summed E-state index contributed by atoms with van der Waals surface area (Å²) in [5.74, 6) is 0.579. The Morgan fingerprint density at radius 3 is 2.39 bits per heavy atom. The third-order valence-corrected chi connectivity index (χ3v) is 5.43. The summed E-state index contributed by atoms with van der Waals surface area (Å²) in [6.45, 7) is 6.49. The van der Waals surface area contributed by atoms with Gasteiger partial charge in [-0.25, -0.2) is 14.7 Å². The Hall–Kier alpha value is -1.25. The second kappa shape index (κ2) is 4.87. The number of benzene rings is 1. The standard InChI is InChI=1S/C16H18BrN4O2/c17-13-1-2-15-12(3-13)4-16(23-15)14(22)5-21-9-18-6-19(10-21)8-20(7-18)11-21/h1-4H,5-11H2/q+1. The summed E-state index contributed by atoms with van der Waals surface area (Å²) in [7, 11) is 0. The number of Topliss-reactive ketones (excluding diaryl/α,β-unsaturated/α-hetero) is 1. The topological polar surface area (TPSA) is 39.9 Å². The molecule has 23 heavy (non-hydrogen) atoms. The van der Waals surface area contributed by atoms with Gasteiger partial charge in [-0.3, -0.25) is 9.28 Å². The van der Waals surface area contributed by atoms with E-state index in [-0.39, 0.29) is 5.78 Å². The number of hydrogen-bond donors (Lipinski definition) is 0. The lowest BCUT2D eigenvalue weighted by molar-refractivity contribution is -0.973. The molecule has 1 aromatic heterocycles. The summed E-state index contributed by atoms with van der Waals surface area (Å²) in [4.78, 5) is 20.1. The number of fused-ring (bicyclic) bond motifs is 1. The van der Waals surface area contributed by atoms with Gasteiger partial charge in [-0.2, -0.15) is 0 Å². The fourth-order valence-corrected chi connectivity index (χ4v) is 4.72. The van der Waals surface area contributed by atoms with Crippen LogP contribution in [0, 0.1) is 0 Å². The first-order valence-electron chi connectivity index (χ1n) is 7.83. The molecule has 4 aliphatic rings. The van der Waals surface area contributed by atoms with Crippen LogP contribution in [0.3, 0.4) is 0 Å². The van der Waals surface area contributed by atoms with Crippen molar-refractivity contribution in [2.75, 3.05) is 46.6 Å². The summed E-state index contributed by atoms with van der Waals surface area (Å²) in [5.41, 5.74) is 0.769. The van der Waals surface area contributed by atoms with E-state index in [4.69, 9.17) is 4.42 Å². The van der Waals surface area contributed by atoms with E-state index in [9.17, 15) is 4.79 Å². The summed E-state index contributed by atoms with van der Waals surface area (Å²) < 4.78 is 7.58. The van der Waals surface area contributed by atoms with Crippen LogP contribution in [-0.4, -0.2) is 71.5 Å². The fourth-order valence-electron chi connectivity index (χ4n) is 4.34. The van der Waals surface area contributed by atoms with Crippen molar-refractivity contribution in [3.8, 4) is 0 Å². The highest BCUT2D eigenvalue weighted by molar-refractivity contribution is 9.10. The van der Waals surface area contributed by atoms with Gasteiger partial charge in [-0.05, 0) is 24.3 Å². The SMILES string of the molecule is O=C(C[N+]12CN3CN(CN(C3)C1)C2)c1cc2cc(Br)ccc2o1. The van der Waals surface area contributed by atoms with E-state index in [0.29, 0.717) is 12.3 Å². The predicted octanol–water partition coefficient (Wildman–Crippen LogP) is 1.89. The zero-order valence-electron chi connectivity index (χ0n) is 12.7. The predicted molar refractivity (Wildman–Crippen MR) is 88.1 cm³/mol. The maximum Gasteiger partial charge on any atom is 0.252 e. The highest BCUT2D eigenvalue weighted by atomic mass is 79.9. The minimum absolute atomic E-state index is 0.0999. The van der Waals surface area contributed by atoms with E-state index >= 15 is 0 Å². The molecule has 6 rings (SSSR count). The number of rotatable bonds is 3. The van der Waals surface area contributed by atoms with Gasteiger partial charge >= 0.3 is 0 Å². The summed E-state index contributed by atoms with van der Waals surface area (Å²) in [5, 5.41) is 0.969. The first kappa shape index (κ1) is 14.1.